The molecule has 0 bridgehead atoms. The second-order valence-corrected chi connectivity index (χ2v) is 6.65. The van der Waals surface area contributed by atoms with E-state index in [1.54, 1.807) is 6.07 Å². The van der Waals surface area contributed by atoms with Gasteiger partial charge in [-0.1, -0.05) is 6.07 Å². The van der Waals surface area contributed by atoms with Gasteiger partial charge in [0.1, 0.15) is 5.82 Å². The lowest BCUT2D eigenvalue weighted by molar-refractivity contribution is -0.168. The Hall–Kier alpha value is -0.945. The van der Waals surface area contributed by atoms with E-state index in [4.69, 9.17) is 18.8 Å². The molecule has 1 atom stereocenters. The first-order chi connectivity index (χ1) is 11.5. The molecule has 0 spiro atoms. The van der Waals surface area contributed by atoms with Crippen molar-refractivity contribution in [1.29, 1.82) is 0 Å². The second kappa shape index (κ2) is 9.52. The molecule has 6 heteroatoms. The predicted octanol–water partition coefficient (Wildman–Crippen LogP) is 3.41. The largest absolute Gasteiger partial charge is 0.494 e. The molecule has 1 aromatic carbocycles. The van der Waals surface area contributed by atoms with Crippen LogP contribution >= 0.6 is 0 Å². The zero-order chi connectivity index (χ0) is 17.5. The van der Waals surface area contributed by atoms with Gasteiger partial charge in [-0.2, -0.15) is 0 Å². The summed E-state index contributed by atoms with van der Waals surface area (Å²) in [5.74, 6) is -0.297. The van der Waals surface area contributed by atoms with E-state index in [0.717, 1.165) is 36.9 Å². The minimum Gasteiger partial charge on any atom is -0.405 e. The summed E-state index contributed by atoms with van der Waals surface area (Å²) in [6.45, 7) is 8.80. The van der Waals surface area contributed by atoms with Gasteiger partial charge in [-0.3, -0.25) is 0 Å². The quantitative estimate of drug-likeness (QED) is 0.681. The van der Waals surface area contributed by atoms with Crippen molar-refractivity contribution < 1.29 is 23.2 Å². The molecule has 24 heavy (non-hydrogen) atoms. The SMILES string of the molecule is CC(C)OB(OC(C)C)c1ccc(F)cc1COC1CCCCO1. The van der Waals surface area contributed by atoms with Crippen molar-refractivity contribution in [3.8, 4) is 0 Å². The number of benzene rings is 1. The van der Waals surface area contributed by atoms with Gasteiger partial charge in [0.05, 0.1) is 6.61 Å². The van der Waals surface area contributed by atoms with E-state index in [-0.39, 0.29) is 30.9 Å². The molecule has 1 fully saturated rings. The fourth-order valence-corrected chi connectivity index (χ4v) is 2.63. The summed E-state index contributed by atoms with van der Waals surface area (Å²) in [7, 11) is -0.545. The van der Waals surface area contributed by atoms with Gasteiger partial charge in [0.2, 0.25) is 0 Å². The van der Waals surface area contributed by atoms with Crippen LogP contribution in [0.3, 0.4) is 0 Å². The van der Waals surface area contributed by atoms with Crippen LogP contribution in [0.4, 0.5) is 4.39 Å². The highest BCUT2D eigenvalue weighted by Crippen LogP contribution is 2.16. The highest BCUT2D eigenvalue weighted by atomic mass is 19.1. The van der Waals surface area contributed by atoms with E-state index in [2.05, 4.69) is 0 Å². The summed E-state index contributed by atoms with van der Waals surface area (Å²) in [6.07, 6.45) is 2.81. The zero-order valence-corrected chi connectivity index (χ0v) is 15.1. The monoisotopic (exact) mass is 338 g/mol. The van der Waals surface area contributed by atoms with Crippen LogP contribution in [0.15, 0.2) is 18.2 Å². The molecule has 1 saturated heterocycles. The molecule has 2 rings (SSSR count). The maximum atomic E-state index is 13.7. The third-order valence-corrected chi connectivity index (χ3v) is 3.71. The fourth-order valence-electron chi connectivity index (χ4n) is 2.63. The average molecular weight is 338 g/mol. The topological polar surface area (TPSA) is 36.9 Å². The Labute approximate surface area is 144 Å². The minimum absolute atomic E-state index is 0.00532. The summed E-state index contributed by atoms with van der Waals surface area (Å²) in [6, 6.07) is 4.63. The standard InChI is InChI=1S/C18H28BFO4/c1-13(2)23-19(24-14(3)4)17-9-8-16(20)11-15(17)12-22-18-7-5-6-10-21-18/h8-9,11,13-14,18H,5-7,10,12H2,1-4H3. The first-order valence-electron chi connectivity index (χ1n) is 8.78. The van der Waals surface area contributed by atoms with Gasteiger partial charge in [0, 0.05) is 18.8 Å². The number of hydrogen-bond acceptors (Lipinski definition) is 4. The zero-order valence-electron chi connectivity index (χ0n) is 15.1. The van der Waals surface area contributed by atoms with Crippen LogP contribution in [0, 0.1) is 5.82 Å². The van der Waals surface area contributed by atoms with Crippen LogP contribution in [0.25, 0.3) is 0 Å². The van der Waals surface area contributed by atoms with E-state index in [0.29, 0.717) is 0 Å². The van der Waals surface area contributed by atoms with Gasteiger partial charge in [-0.25, -0.2) is 4.39 Å². The Kier molecular flexibility index (Phi) is 7.68. The van der Waals surface area contributed by atoms with Crippen molar-refractivity contribution >= 4 is 12.6 Å². The predicted molar refractivity (Wildman–Crippen MR) is 92.6 cm³/mol. The van der Waals surface area contributed by atoms with Gasteiger partial charge in [0.15, 0.2) is 6.29 Å². The molecular formula is C18H28BFO4. The van der Waals surface area contributed by atoms with Crippen LogP contribution in [0.5, 0.6) is 0 Å². The Balaban J connectivity index is 2.14. The molecule has 1 aromatic rings. The first kappa shape index (κ1) is 19.4. The third-order valence-electron chi connectivity index (χ3n) is 3.71. The van der Waals surface area contributed by atoms with E-state index in [9.17, 15) is 4.39 Å². The molecule has 1 aliphatic rings. The molecule has 0 N–H and O–H groups in total. The van der Waals surface area contributed by atoms with Gasteiger partial charge in [-0.15, -0.1) is 0 Å². The van der Waals surface area contributed by atoms with E-state index >= 15 is 0 Å². The van der Waals surface area contributed by atoms with Crippen LogP contribution < -0.4 is 5.46 Å². The highest BCUT2D eigenvalue weighted by Gasteiger charge is 2.27. The van der Waals surface area contributed by atoms with Crippen molar-refractivity contribution in [3.05, 3.63) is 29.6 Å². The van der Waals surface area contributed by atoms with Crippen LogP contribution in [0.1, 0.15) is 52.5 Å². The lowest BCUT2D eigenvalue weighted by Crippen LogP contribution is -2.43. The molecule has 0 saturated carbocycles. The fraction of sp³-hybridized carbons (Fsp3) is 0.667. The van der Waals surface area contributed by atoms with E-state index < -0.39 is 7.12 Å². The molecule has 0 radical (unpaired) electrons. The molecule has 1 aliphatic heterocycles. The lowest BCUT2D eigenvalue weighted by Gasteiger charge is -2.25. The molecule has 1 unspecified atom stereocenters. The number of hydrogen-bond donors (Lipinski definition) is 0. The van der Waals surface area contributed by atoms with Crippen molar-refractivity contribution in [1.82, 2.24) is 0 Å². The summed E-state index contributed by atoms with van der Waals surface area (Å²) < 4.78 is 36.9. The molecule has 0 aliphatic carbocycles. The van der Waals surface area contributed by atoms with Crippen LogP contribution in [0.2, 0.25) is 0 Å². The Morgan fingerprint density at radius 1 is 1.17 bits per heavy atom. The average Bonchev–Trinajstić information content (AvgIpc) is 2.52. The van der Waals surface area contributed by atoms with Crippen molar-refractivity contribution in [3.63, 3.8) is 0 Å². The lowest BCUT2D eigenvalue weighted by atomic mass is 9.75. The Morgan fingerprint density at radius 3 is 2.46 bits per heavy atom. The number of halogens is 1. The van der Waals surface area contributed by atoms with E-state index in [1.807, 2.05) is 27.7 Å². The minimum atomic E-state index is -0.545. The summed E-state index contributed by atoms with van der Waals surface area (Å²) in [5.41, 5.74) is 1.53. The Bertz CT molecular complexity index is 494. The van der Waals surface area contributed by atoms with Gasteiger partial charge in [-0.05, 0) is 70.1 Å². The highest BCUT2D eigenvalue weighted by molar-refractivity contribution is 6.61. The molecule has 0 amide bonds. The van der Waals surface area contributed by atoms with Gasteiger partial charge >= 0.3 is 7.12 Å². The summed E-state index contributed by atoms with van der Waals surface area (Å²) in [4.78, 5) is 0. The van der Waals surface area contributed by atoms with Crippen molar-refractivity contribution in [2.45, 2.75) is 72.1 Å². The smallest absolute Gasteiger partial charge is 0.405 e. The van der Waals surface area contributed by atoms with Gasteiger partial charge < -0.3 is 18.8 Å². The third kappa shape index (κ3) is 6.17. The molecule has 1 heterocycles. The number of ether oxygens (including phenoxy) is 2. The number of rotatable bonds is 8. The van der Waals surface area contributed by atoms with Gasteiger partial charge in [0.25, 0.3) is 0 Å². The van der Waals surface area contributed by atoms with Crippen LogP contribution in [-0.4, -0.2) is 32.2 Å². The maximum Gasteiger partial charge on any atom is 0.494 e. The van der Waals surface area contributed by atoms with Crippen molar-refractivity contribution in [2.24, 2.45) is 0 Å². The van der Waals surface area contributed by atoms with E-state index in [1.165, 1.54) is 12.1 Å². The maximum absolute atomic E-state index is 13.7. The molecular weight excluding hydrogens is 310 g/mol. The molecule has 4 nitrogen and oxygen atoms in total. The summed E-state index contributed by atoms with van der Waals surface area (Å²) >= 11 is 0. The molecule has 134 valence electrons. The van der Waals surface area contributed by atoms with Crippen LogP contribution in [-0.2, 0) is 25.4 Å². The summed E-state index contributed by atoms with van der Waals surface area (Å²) in [5, 5.41) is 0. The molecule has 0 aromatic heterocycles. The van der Waals surface area contributed by atoms with Crippen molar-refractivity contribution in [2.75, 3.05) is 6.61 Å². The second-order valence-electron chi connectivity index (χ2n) is 6.65. The normalized spacial score (nSPS) is 18.4. The first-order valence-corrected chi connectivity index (χ1v) is 8.78. The Morgan fingerprint density at radius 2 is 1.88 bits per heavy atom.